The van der Waals surface area contributed by atoms with Crippen molar-refractivity contribution >= 4 is 23.2 Å². The van der Waals surface area contributed by atoms with E-state index in [2.05, 4.69) is 0 Å². The highest BCUT2D eigenvalue weighted by Crippen LogP contribution is 2.26. The van der Waals surface area contributed by atoms with E-state index in [0.29, 0.717) is 23.1 Å². The Kier molecular flexibility index (Phi) is 6.07. The van der Waals surface area contributed by atoms with Crippen molar-refractivity contribution in [2.24, 2.45) is 5.73 Å². The molecule has 0 amide bonds. The van der Waals surface area contributed by atoms with Crippen LogP contribution in [-0.2, 0) is 11.2 Å². The maximum atomic E-state index is 6.36. The number of hydrogen-bond acceptors (Lipinski definition) is 2. The molecule has 0 aliphatic heterocycles. The molecule has 0 bridgehead atoms. The van der Waals surface area contributed by atoms with Crippen LogP contribution in [0.2, 0.25) is 10.0 Å². The molecule has 0 aliphatic carbocycles. The van der Waals surface area contributed by atoms with Crippen molar-refractivity contribution in [3.05, 3.63) is 69.7 Å². The second-order valence-corrected chi connectivity index (χ2v) is 5.73. The van der Waals surface area contributed by atoms with Gasteiger partial charge in [-0.15, -0.1) is 0 Å². The summed E-state index contributed by atoms with van der Waals surface area (Å²) in [5.74, 6) is 0. The van der Waals surface area contributed by atoms with Crippen molar-refractivity contribution < 1.29 is 4.74 Å². The second kappa shape index (κ2) is 7.81. The zero-order valence-corrected chi connectivity index (χ0v) is 13.4. The number of rotatable bonds is 6. The van der Waals surface area contributed by atoms with Crippen LogP contribution in [0.25, 0.3) is 0 Å². The first kappa shape index (κ1) is 16.3. The maximum absolute atomic E-state index is 6.36. The molecular weight excluding hydrogens is 305 g/mol. The van der Waals surface area contributed by atoms with Gasteiger partial charge in [0.05, 0.1) is 6.10 Å². The molecule has 0 saturated carbocycles. The molecule has 0 heterocycles. The fraction of sp³-hybridized carbons (Fsp3) is 0.294. The minimum atomic E-state index is -0.175. The average Bonchev–Trinajstić information content (AvgIpc) is 2.48. The van der Waals surface area contributed by atoms with E-state index in [-0.39, 0.29) is 12.1 Å². The predicted octanol–water partition coefficient (Wildman–Crippen LogP) is 4.64. The Bertz CT molecular complexity index is 574. The molecule has 4 heteroatoms. The van der Waals surface area contributed by atoms with E-state index in [1.165, 1.54) is 0 Å². The largest absolute Gasteiger partial charge is 0.372 e. The van der Waals surface area contributed by atoms with Crippen LogP contribution >= 0.6 is 23.2 Å². The summed E-state index contributed by atoms with van der Waals surface area (Å²) < 4.78 is 5.83. The van der Waals surface area contributed by atoms with Crippen LogP contribution in [0.4, 0.5) is 0 Å². The lowest BCUT2D eigenvalue weighted by molar-refractivity contribution is 0.0433. The minimum Gasteiger partial charge on any atom is -0.372 e. The zero-order valence-electron chi connectivity index (χ0n) is 11.9. The van der Waals surface area contributed by atoms with E-state index >= 15 is 0 Å². The van der Waals surface area contributed by atoms with Crippen LogP contribution in [-0.4, -0.2) is 12.6 Å². The lowest BCUT2D eigenvalue weighted by atomic mass is 9.96. The van der Waals surface area contributed by atoms with E-state index in [9.17, 15) is 0 Å². The van der Waals surface area contributed by atoms with Gasteiger partial charge >= 0.3 is 0 Å². The Morgan fingerprint density at radius 3 is 2.43 bits per heavy atom. The molecule has 2 unspecified atom stereocenters. The molecule has 2 N–H and O–H groups in total. The number of ether oxygens (including phenoxy) is 1. The molecule has 0 aliphatic rings. The molecule has 2 aromatic rings. The monoisotopic (exact) mass is 323 g/mol. The summed E-state index contributed by atoms with van der Waals surface area (Å²) in [5.41, 5.74) is 8.42. The molecule has 21 heavy (non-hydrogen) atoms. The van der Waals surface area contributed by atoms with Gasteiger partial charge in [-0.05, 0) is 36.6 Å². The molecule has 2 atom stereocenters. The third kappa shape index (κ3) is 4.45. The standard InChI is InChI=1S/C17H19Cl2NO/c1-2-21-17(12-6-4-3-5-7-12)16(20)10-13-8-9-14(18)11-15(13)19/h3-9,11,16-17H,2,10,20H2,1H3. The molecule has 0 fully saturated rings. The Balaban J connectivity index is 2.17. The summed E-state index contributed by atoms with van der Waals surface area (Å²) in [5, 5.41) is 1.27. The summed E-state index contributed by atoms with van der Waals surface area (Å²) in [6.45, 7) is 2.58. The van der Waals surface area contributed by atoms with Crippen LogP contribution in [0.15, 0.2) is 48.5 Å². The number of hydrogen-bond donors (Lipinski definition) is 1. The molecule has 2 aromatic carbocycles. The van der Waals surface area contributed by atoms with Crippen LogP contribution in [0.3, 0.4) is 0 Å². The lowest BCUT2D eigenvalue weighted by Gasteiger charge is -2.24. The minimum absolute atomic E-state index is 0.150. The Hall–Kier alpha value is -1.06. The normalized spacial score (nSPS) is 13.9. The number of halogens is 2. The Labute approximate surface area is 135 Å². The maximum Gasteiger partial charge on any atom is 0.0978 e. The van der Waals surface area contributed by atoms with Crippen molar-refractivity contribution in [3.63, 3.8) is 0 Å². The topological polar surface area (TPSA) is 35.2 Å². The summed E-state index contributed by atoms with van der Waals surface area (Å²) in [7, 11) is 0. The van der Waals surface area contributed by atoms with Crippen molar-refractivity contribution in [3.8, 4) is 0 Å². The molecule has 0 radical (unpaired) electrons. The van der Waals surface area contributed by atoms with Crippen LogP contribution < -0.4 is 5.73 Å². The predicted molar refractivity (Wildman–Crippen MR) is 89.0 cm³/mol. The van der Waals surface area contributed by atoms with Crippen LogP contribution in [0.1, 0.15) is 24.2 Å². The van der Waals surface area contributed by atoms with E-state index in [0.717, 1.165) is 11.1 Å². The van der Waals surface area contributed by atoms with E-state index in [1.54, 1.807) is 6.07 Å². The fourth-order valence-electron chi connectivity index (χ4n) is 2.34. The van der Waals surface area contributed by atoms with Gasteiger partial charge in [-0.25, -0.2) is 0 Å². The van der Waals surface area contributed by atoms with E-state index in [1.807, 2.05) is 49.4 Å². The van der Waals surface area contributed by atoms with Crippen molar-refractivity contribution in [2.45, 2.75) is 25.5 Å². The van der Waals surface area contributed by atoms with Gasteiger partial charge in [0.15, 0.2) is 0 Å². The first-order valence-electron chi connectivity index (χ1n) is 6.98. The first-order chi connectivity index (χ1) is 10.1. The Morgan fingerprint density at radius 1 is 1.10 bits per heavy atom. The smallest absolute Gasteiger partial charge is 0.0978 e. The molecule has 0 aromatic heterocycles. The van der Waals surface area contributed by atoms with Gasteiger partial charge in [0.25, 0.3) is 0 Å². The molecule has 2 rings (SSSR count). The number of benzene rings is 2. The SMILES string of the molecule is CCOC(c1ccccc1)C(N)Cc1ccc(Cl)cc1Cl. The zero-order chi connectivity index (χ0) is 15.2. The van der Waals surface area contributed by atoms with Gasteiger partial charge in [0.2, 0.25) is 0 Å². The fourth-order valence-corrected chi connectivity index (χ4v) is 2.82. The molecular formula is C17H19Cl2NO. The van der Waals surface area contributed by atoms with E-state index < -0.39 is 0 Å². The molecule has 2 nitrogen and oxygen atoms in total. The average molecular weight is 324 g/mol. The lowest BCUT2D eigenvalue weighted by Crippen LogP contribution is -2.32. The molecule has 0 spiro atoms. The molecule has 0 saturated heterocycles. The highest BCUT2D eigenvalue weighted by atomic mass is 35.5. The second-order valence-electron chi connectivity index (χ2n) is 4.89. The van der Waals surface area contributed by atoms with Crippen LogP contribution in [0, 0.1) is 0 Å². The highest BCUT2D eigenvalue weighted by Gasteiger charge is 2.21. The van der Waals surface area contributed by atoms with Crippen molar-refractivity contribution in [1.29, 1.82) is 0 Å². The highest BCUT2D eigenvalue weighted by molar-refractivity contribution is 6.35. The van der Waals surface area contributed by atoms with Gasteiger partial charge in [0.1, 0.15) is 0 Å². The van der Waals surface area contributed by atoms with Crippen molar-refractivity contribution in [1.82, 2.24) is 0 Å². The van der Waals surface area contributed by atoms with Gasteiger partial charge in [-0.1, -0.05) is 59.6 Å². The third-order valence-electron chi connectivity index (χ3n) is 3.33. The summed E-state index contributed by atoms with van der Waals surface area (Å²) >= 11 is 12.1. The van der Waals surface area contributed by atoms with E-state index in [4.69, 9.17) is 33.7 Å². The van der Waals surface area contributed by atoms with Gasteiger partial charge < -0.3 is 10.5 Å². The number of nitrogens with two attached hydrogens (primary N) is 1. The molecule has 112 valence electrons. The Morgan fingerprint density at radius 2 is 1.81 bits per heavy atom. The quantitative estimate of drug-likeness (QED) is 0.840. The van der Waals surface area contributed by atoms with Gasteiger partial charge in [-0.3, -0.25) is 0 Å². The first-order valence-corrected chi connectivity index (χ1v) is 7.73. The van der Waals surface area contributed by atoms with Gasteiger partial charge in [-0.2, -0.15) is 0 Å². The van der Waals surface area contributed by atoms with Gasteiger partial charge in [0, 0.05) is 22.7 Å². The van der Waals surface area contributed by atoms with Crippen LogP contribution in [0.5, 0.6) is 0 Å². The summed E-state index contributed by atoms with van der Waals surface area (Å²) in [6, 6.07) is 15.3. The third-order valence-corrected chi connectivity index (χ3v) is 3.92. The van der Waals surface area contributed by atoms with Crippen molar-refractivity contribution in [2.75, 3.05) is 6.61 Å². The summed E-state index contributed by atoms with van der Waals surface area (Å²) in [6.07, 6.45) is 0.484. The summed E-state index contributed by atoms with van der Waals surface area (Å²) in [4.78, 5) is 0.